The Balaban J connectivity index is 1.51. The zero-order chi connectivity index (χ0) is 25.3. The third-order valence-electron chi connectivity index (χ3n) is 5.86. The summed E-state index contributed by atoms with van der Waals surface area (Å²) in [6.07, 6.45) is 4.93. The van der Waals surface area contributed by atoms with Gasteiger partial charge in [0.15, 0.2) is 0 Å². The monoisotopic (exact) mass is 494 g/mol. The Morgan fingerprint density at radius 2 is 1.86 bits per heavy atom. The number of anilines is 4. The summed E-state index contributed by atoms with van der Waals surface area (Å²) in [5, 5.41) is 6.89. The van der Waals surface area contributed by atoms with E-state index in [0.717, 1.165) is 18.8 Å². The van der Waals surface area contributed by atoms with Crippen LogP contribution >= 0.6 is 0 Å². The van der Waals surface area contributed by atoms with Crippen molar-refractivity contribution in [3.05, 3.63) is 36.8 Å². The number of morpholine rings is 1. The van der Waals surface area contributed by atoms with E-state index in [1.165, 1.54) is 20.5 Å². The fraction of sp³-hybridized carbons (Fsp3) is 0.400. The number of fused-ring (bicyclic) bond motifs is 1. The molecule has 3 heterocycles. The van der Waals surface area contributed by atoms with Gasteiger partial charge in [-0.3, -0.25) is 9.59 Å². The van der Waals surface area contributed by atoms with Crippen LogP contribution in [0.1, 0.15) is 25.7 Å². The van der Waals surface area contributed by atoms with Crippen molar-refractivity contribution in [2.45, 2.75) is 25.7 Å². The molecule has 11 heteroatoms. The number of esters is 1. The second kappa shape index (κ2) is 12.1. The number of nitrogens with one attached hydrogen (secondary N) is 2. The molecule has 190 valence electrons. The molecule has 1 fully saturated rings. The van der Waals surface area contributed by atoms with Crippen LogP contribution in [-0.2, 0) is 19.1 Å². The highest BCUT2D eigenvalue weighted by molar-refractivity contribution is 5.99. The number of rotatable bonds is 10. The average molecular weight is 495 g/mol. The van der Waals surface area contributed by atoms with Crippen molar-refractivity contribution in [3.63, 3.8) is 0 Å². The molecule has 0 spiro atoms. The number of pyridine rings is 1. The zero-order valence-electron chi connectivity index (χ0n) is 20.5. The molecule has 1 aliphatic rings. The summed E-state index contributed by atoms with van der Waals surface area (Å²) < 4.78 is 15.6. The molecule has 0 bridgehead atoms. The average Bonchev–Trinajstić information content (AvgIpc) is 2.91. The normalized spacial score (nSPS) is 13.3. The van der Waals surface area contributed by atoms with E-state index >= 15 is 0 Å². The van der Waals surface area contributed by atoms with E-state index in [-0.39, 0.29) is 24.7 Å². The summed E-state index contributed by atoms with van der Waals surface area (Å²) in [6, 6.07) is 7.49. The molecule has 0 radical (unpaired) electrons. The molecule has 0 atom stereocenters. The highest BCUT2D eigenvalue weighted by Crippen LogP contribution is 2.33. The Kier molecular flexibility index (Phi) is 8.45. The number of carbonyl (C=O) groups excluding carboxylic acids is 2. The summed E-state index contributed by atoms with van der Waals surface area (Å²) in [6.45, 7) is 3.04. The van der Waals surface area contributed by atoms with Gasteiger partial charge >= 0.3 is 5.97 Å². The summed E-state index contributed by atoms with van der Waals surface area (Å²) in [7, 11) is 2.89. The number of methoxy groups -OCH3 is 2. The van der Waals surface area contributed by atoms with Gasteiger partial charge in [0.25, 0.3) is 0 Å². The highest BCUT2D eigenvalue weighted by Gasteiger charge is 2.15. The number of benzene rings is 1. The number of hydrogen-bond acceptors (Lipinski definition) is 10. The molecule has 0 saturated carbocycles. The minimum Gasteiger partial charge on any atom is -0.494 e. The predicted molar refractivity (Wildman–Crippen MR) is 136 cm³/mol. The molecule has 0 aliphatic carbocycles. The molecule has 11 nitrogen and oxygen atoms in total. The number of unbranched alkanes of at least 4 members (excludes halogenated alkanes) is 1. The van der Waals surface area contributed by atoms with Crippen LogP contribution in [0.5, 0.6) is 5.75 Å². The molecule has 36 heavy (non-hydrogen) atoms. The number of hydrogen-bond donors (Lipinski definition) is 2. The van der Waals surface area contributed by atoms with Gasteiger partial charge in [-0.25, -0.2) is 15.0 Å². The zero-order valence-corrected chi connectivity index (χ0v) is 20.5. The number of nitrogens with zero attached hydrogens (tertiary/aromatic N) is 4. The molecular formula is C25H30N6O5. The van der Waals surface area contributed by atoms with Crippen LogP contribution in [0.2, 0.25) is 0 Å². The SMILES string of the molecule is COC(=O)CCCCC(=O)Nc1cc2c(Nc3cc(N4CCOCC4)ccn3)ncnc2cc1OC. The molecule has 2 aromatic heterocycles. The van der Waals surface area contributed by atoms with Gasteiger partial charge in [0.1, 0.15) is 23.7 Å². The first kappa shape index (κ1) is 25.1. The maximum atomic E-state index is 12.5. The van der Waals surface area contributed by atoms with Crippen LogP contribution in [0.15, 0.2) is 36.8 Å². The quantitative estimate of drug-likeness (QED) is 0.320. The first-order valence-electron chi connectivity index (χ1n) is 11.8. The van der Waals surface area contributed by atoms with Crippen molar-refractivity contribution >= 4 is 45.8 Å². The van der Waals surface area contributed by atoms with Gasteiger partial charge in [-0.15, -0.1) is 0 Å². The number of carbonyl (C=O) groups is 2. The standard InChI is InChI=1S/C25H30N6O5/c1-34-21-15-19-18(14-20(21)29-23(32)5-3-4-6-24(33)35-2)25(28-16-27-19)30-22-13-17(7-8-26-22)31-9-11-36-12-10-31/h7-8,13-16H,3-6,9-12H2,1-2H3,(H,29,32)(H,26,27,28,30). The van der Waals surface area contributed by atoms with Crippen LogP contribution < -0.4 is 20.3 Å². The number of amides is 1. The van der Waals surface area contributed by atoms with Crippen molar-refractivity contribution < 1.29 is 23.8 Å². The highest BCUT2D eigenvalue weighted by atomic mass is 16.5. The van der Waals surface area contributed by atoms with E-state index in [4.69, 9.17) is 9.47 Å². The maximum absolute atomic E-state index is 12.5. The topological polar surface area (TPSA) is 128 Å². The van der Waals surface area contributed by atoms with Gasteiger partial charge in [-0.2, -0.15) is 0 Å². The fourth-order valence-electron chi connectivity index (χ4n) is 3.95. The van der Waals surface area contributed by atoms with Gasteiger partial charge in [-0.05, 0) is 25.0 Å². The second-order valence-electron chi connectivity index (χ2n) is 8.25. The van der Waals surface area contributed by atoms with E-state index in [1.54, 1.807) is 18.3 Å². The second-order valence-corrected chi connectivity index (χ2v) is 8.25. The maximum Gasteiger partial charge on any atom is 0.305 e. The minimum absolute atomic E-state index is 0.177. The van der Waals surface area contributed by atoms with Crippen LogP contribution in [0, 0.1) is 0 Å². The lowest BCUT2D eigenvalue weighted by Crippen LogP contribution is -2.36. The lowest BCUT2D eigenvalue weighted by atomic mass is 10.1. The van der Waals surface area contributed by atoms with Crippen molar-refractivity contribution in [2.24, 2.45) is 0 Å². The molecule has 2 N–H and O–H groups in total. The van der Waals surface area contributed by atoms with Crippen LogP contribution in [0.3, 0.4) is 0 Å². The molecule has 1 saturated heterocycles. The first-order chi connectivity index (χ1) is 17.6. The largest absolute Gasteiger partial charge is 0.494 e. The van der Waals surface area contributed by atoms with Crippen molar-refractivity contribution in [1.29, 1.82) is 0 Å². The Hall–Kier alpha value is -3.99. The Morgan fingerprint density at radius 1 is 1.06 bits per heavy atom. The van der Waals surface area contributed by atoms with E-state index in [2.05, 4.69) is 35.2 Å². The van der Waals surface area contributed by atoms with Crippen molar-refractivity contribution in [2.75, 3.05) is 56.1 Å². The first-order valence-corrected chi connectivity index (χ1v) is 11.8. The third-order valence-corrected chi connectivity index (χ3v) is 5.86. The molecular weight excluding hydrogens is 464 g/mol. The summed E-state index contributed by atoms with van der Waals surface area (Å²) in [4.78, 5) is 39.3. The van der Waals surface area contributed by atoms with Crippen molar-refractivity contribution in [1.82, 2.24) is 15.0 Å². The van der Waals surface area contributed by atoms with E-state index < -0.39 is 0 Å². The Morgan fingerprint density at radius 3 is 2.64 bits per heavy atom. The lowest BCUT2D eigenvalue weighted by Gasteiger charge is -2.29. The fourth-order valence-corrected chi connectivity index (χ4v) is 3.95. The molecule has 1 aromatic carbocycles. The minimum atomic E-state index is -0.281. The molecule has 4 rings (SSSR count). The van der Waals surface area contributed by atoms with Gasteiger partial charge in [0.05, 0.1) is 38.6 Å². The van der Waals surface area contributed by atoms with Gasteiger partial charge < -0.3 is 29.7 Å². The number of aromatic nitrogens is 3. The molecule has 1 aliphatic heterocycles. The number of ether oxygens (including phenoxy) is 3. The molecule has 0 unspecified atom stereocenters. The Labute approximate surface area is 209 Å². The molecule has 3 aromatic rings. The summed E-state index contributed by atoms with van der Waals surface area (Å²) in [5.41, 5.74) is 2.22. The van der Waals surface area contributed by atoms with E-state index in [9.17, 15) is 9.59 Å². The summed E-state index contributed by atoms with van der Waals surface area (Å²) >= 11 is 0. The van der Waals surface area contributed by atoms with Crippen LogP contribution in [0.4, 0.5) is 23.0 Å². The Bertz CT molecular complexity index is 1210. The van der Waals surface area contributed by atoms with Gasteiger partial charge in [-0.1, -0.05) is 0 Å². The van der Waals surface area contributed by atoms with Crippen molar-refractivity contribution in [3.8, 4) is 5.75 Å². The van der Waals surface area contributed by atoms with E-state index in [0.29, 0.717) is 60.0 Å². The molecule has 1 amide bonds. The lowest BCUT2D eigenvalue weighted by molar-refractivity contribution is -0.140. The smallest absolute Gasteiger partial charge is 0.305 e. The van der Waals surface area contributed by atoms with Gasteiger partial charge in [0, 0.05) is 55.3 Å². The summed E-state index contributed by atoms with van der Waals surface area (Å²) in [5.74, 6) is 1.23. The predicted octanol–water partition coefficient (Wildman–Crippen LogP) is 3.29. The van der Waals surface area contributed by atoms with Crippen LogP contribution in [0.25, 0.3) is 10.9 Å². The third kappa shape index (κ3) is 6.36. The van der Waals surface area contributed by atoms with E-state index in [1.807, 2.05) is 12.1 Å². The van der Waals surface area contributed by atoms with Gasteiger partial charge in [0.2, 0.25) is 5.91 Å². The van der Waals surface area contributed by atoms with Crippen LogP contribution in [-0.4, -0.2) is 67.4 Å².